The molecule has 0 radical (unpaired) electrons. The Kier molecular flexibility index (Phi) is 16.6. The molecule has 50 heavy (non-hydrogen) atoms. The SMILES string of the molecule is CC1=CCC(C)(C)c2cc3[cH-]c4cc5c(cc4c3cc21)C(C)=CCC5(C)C.CCC1[C-]=CC(C(C)(C)C)=C1.CCCC[C](=[Zr+2])CCCC.[Cl-].[Cl-]. The van der Waals surface area contributed by atoms with E-state index in [1.165, 1.54) is 105 Å². The molecule has 0 bridgehead atoms. The monoisotopic (exact) mass is 788 g/mol. The van der Waals surface area contributed by atoms with E-state index in [0.29, 0.717) is 11.3 Å². The number of unbranched alkanes of at least 4 members (excludes halogenated alkanes) is 2. The third-order valence-electron chi connectivity index (χ3n) is 10.9. The van der Waals surface area contributed by atoms with Crippen molar-refractivity contribution in [1.29, 1.82) is 0 Å². The van der Waals surface area contributed by atoms with Gasteiger partial charge in [-0.15, -0.1) is 39.7 Å². The quantitative estimate of drug-likeness (QED) is 0.212. The van der Waals surface area contributed by atoms with E-state index in [9.17, 15) is 0 Å². The van der Waals surface area contributed by atoms with Crippen LogP contribution in [0.3, 0.4) is 0 Å². The molecule has 0 saturated heterocycles. The Morgan fingerprint density at radius 1 is 0.780 bits per heavy atom. The predicted octanol–water partition coefficient (Wildman–Crippen LogP) is 8.33. The molecule has 3 aliphatic rings. The molecule has 0 aromatic heterocycles. The second-order valence-electron chi connectivity index (χ2n) is 17.1. The van der Waals surface area contributed by atoms with Crippen LogP contribution in [-0.2, 0) is 35.1 Å². The zero-order chi connectivity index (χ0) is 35.4. The van der Waals surface area contributed by atoms with Gasteiger partial charge in [0.2, 0.25) is 0 Å². The number of hydrogen-bond acceptors (Lipinski definition) is 0. The van der Waals surface area contributed by atoms with E-state index in [4.69, 9.17) is 0 Å². The standard InChI is InChI=1S/C27H29.C11H17.C9H18.2ClH.Zr/c1-16-7-9-26(3,4)24-12-18-11-19-13-25-21(17(2)8-10-27(25,5)6)15-23(19)22(18)14-20(16)24;1-5-9-6-7-10(8-9)11(2,3)4;1-3-5-7-9-8-6-4-2;;;/h7-8,11-15H,9-10H2,1-6H3;7-9H,5H2,1-4H3;3-8H2,1-2H3;2*1H;/q2*-1;;;;+2/p-2. The number of benzene rings is 2. The molecule has 0 aliphatic heterocycles. The van der Waals surface area contributed by atoms with Gasteiger partial charge in [0.1, 0.15) is 0 Å². The summed E-state index contributed by atoms with van der Waals surface area (Å²) in [4.78, 5) is 0. The number of hydrogen-bond donors (Lipinski definition) is 0. The van der Waals surface area contributed by atoms with E-state index in [1.54, 1.807) is 27.4 Å². The number of fused-ring (bicyclic) bond motifs is 5. The van der Waals surface area contributed by atoms with Gasteiger partial charge in [-0.2, -0.15) is 11.6 Å². The van der Waals surface area contributed by atoms with E-state index in [-0.39, 0.29) is 35.6 Å². The summed E-state index contributed by atoms with van der Waals surface area (Å²) in [6.07, 6.45) is 24.4. The molecule has 3 aromatic rings. The minimum absolute atomic E-state index is 0. The van der Waals surface area contributed by atoms with Crippen LogP contribution in [0.25, 0.3) is 32.7 Å². The van der Waals surface area contributed by atoms with Gasteiger partial charge in [-0.05, 0) is 59.8 Å². The third kappa shape index (κ3) is 10.6. The molecule has 0 spiro atoms. The number of allylic oxidation sites excluding steroid dienone is 8. The van der Waals surface area contributed by atoms with Gasteiger partial charge in [-0.25, -0.2) is 6.08 Å². The van der Waals surface area contributed by atoms with Gasteiger partial charge in [-0.1, -0.05) is 109 Å². The van der Waals surface area contributed by atoms with Crippen molar-refractivity contribution >= 4 is 35.9 Å². The Labute approximate surface area is 334 Å². The van der Waals surface area contributed by atoms with Gasteiger partial charge in [0.05, 0.1) is 0 Å². The van der Waals surface area contributed by atoms with Gasteiger partial charge in [-0.3, -0.25) is 6.08 Å². The van der Waals surface area contributed by atoms with Crippen LogP contribution >= 0.6 is 0 Å². The maximum absolute atomic E-state index is 3.35. The minimum atomic E-state index is 0. The summed E-state index contributed by atoms with van der Waals surface area (Å²) in [6, 6.07) is 12.3. The molecule has 1 unspecified atom stereocenters. The van der Waals surface area contributed by atoms with E-state index < -0.39 is 0 Å². The summed E-state index contributed by atoms with van der Waals surface area (Å²) in [5, 5.41) is 5.61. The molecule has 6 rings (SSSR count). The van der Waals surface area contributed by atoms with Gasteiger partial charge >= 0.3 is 79.8 Å². The Balaban J connectivity index is 0.000000315. The Morgan fingerprint density at radius 3 is 1.56 bits per heavy atom. The fourth-order valence-corrected chi connectivity index (χ4v) is 8.12. The van der Waals surface area contributed by atoms with Crippen LogP contribution in [0.15, 0.2) is 60.2 Å². The normalized spacial score (nSPS) is 18.2. The molecule has 0 N–H and O–H groups in total. The van der Waals surface area contributed by atoms with E-state index in [1.807, 2.05) is 0 Å². The molecule has 0 heterocycles. The van der Waals surface area contributed by atoms with Crippen molar-refractivity contribution in [3.8, 4) is 0 Å². The first-order valence-electron chi connectivity index (χ1n) is 19.0. The largest absolute Gasteiger partial charge is 1.00 e. The first-order valence-corrected chi connectivity index (χ1v) is 20.2. The molecule has 0 nitrogen and oxygen atoms in total. The number of rotatable bonds is 7. The van der Waals surface area contributed by atoms with Crippen molar-refractivity contribution in [2.24, 2.45) is 11.3 Å². The minimum Gasteiger partial charge on any atom is -1.00 e. The Hall–Kier alpha value is -1.40. The summed E-state index contributed by atoms with van der Waals surface area (Å²) in [6.45, 7) is 27.5. The van der Waals surface area contributed by atoms with Crippen molar-refractivity contribution in [3.05, 3.63) is 88.5 Å². The van der Waals surface area contributed by atoms with Crippen molar-refractivity contribution in [3.63, 3.8) is 0 Å². The van der Waals surface area contributed by atoms with Crippen molar-refractivity contribution < 1.29 is 49.0 Å². The van der Waals surface area contributed by atoms with Crippen LogP contribution < -0.4 is 24.8 Å². The molecule has 0 saturated carbocycles. The van der Waals surface area contributed by atoms with Gasteiger partial charge in [0.15, 0.2) is 0 Å². The molecular formula is C47H64Cl2Zr-2. The number of halogens is 2. The molecule has 272 valence electrons. The summed E-state index contributed by atoms with van der Waals surface area (Å²) >= 11 is 1.67. The van der Waals surface area contributed by atoms with Crippen molar-refractivity contribution in [2.75, 3.05) is 0 Å². The zero-order valence-electron chi connectivity index (χ0n) is 33.4. The van der Waals surface area contributed by atoms with Crippen molar-refractivity contribution in [2.45, 2.75) is 152 Å². The van der Waals surface area contributed by atoms with Crippen LogP contribution in [0.4, 0.5) is 0 Å². The Bertz CT molecular complexity index is 1640. The van der Waals surface area contributed by atoms with E-state index in [2.05, 4.69) is 144 Å². The molecule has 0 amide bonds. The molecule has 3 aliphatic carbocycles. The fourth-order valence-electron chi connectivity index (χ4n) is 7.25. The third-order valence-corrected chi connectivity index (χ3v) is 12.2. The summed E-state index contributed by atoms with van der Waals surface area (Å²) in [7, 11) is 0. The second kappa shape index (κ2) is 18.6. The van der Waals surface area contributed by atoms with Crippen LogP contribution in [0.1, 0.15) is 163 Å². The second-order valence-corrected chi connectivity index (χ2v) is 18.8. The fraction of sp³-hybridized carbons (Fsp3) is 0.532. The average Bonchev–Trinajstić information content (AvgIpc) is 3.67. The van der Waals surface area contributed by atoms with Crippen LogP contribution in [0.5, 0.6) is 0 Å². The first kappa shape index (κ1) is 44.8. The van der Waals surface area contributed by atoms with Crippen LogP contribution in [-0.4, -0.2) is 3.21 Å². The molecule has 0 fully saturated rings. The van der Waals surface area contributed by atoms with Gasteiger partial charge in [0, 0.05) is 0 Å². The van der Waals surface area contributed by atoms with Crippen LogP contribution in [0.2, 0.25) is 0 Å². The van der Waals surface area contributed by atoms with Gasteiger partial charge < -0.3 is 24.8 Å². The molecule has 1 atom stereocenters. The maximum atomic E-state index is 3.35. The topological polar surface area (TPSA) is 0 Å². The van der Waals surface area contributed by atoms with Crippen LogP contribution in [0, 0.1) is 17.4 Å². The average molecular weight is 791 g/mol. The van der Waals surface area contributed by atoms with E-state index >= 15 is 0 Å². The molecule has 3 aromatic carbocycles. The van der Waals surface area contributed by atoms with E-state index in [0.717, 1.165) is 12.8 Å². The zero-order valence-corrected chi connectivity index (χ0v) is 37.4. The smallest absolute Gasteiger partial charge is 1.00 e. The maximum Gasteiger partial charge on any atom is -1.00 e. The Morgan fingerprint density at radius 2 is 1.22 bits per heavy atom. The van der Waals surface area contributed by atoms with Crippen molar-refractivity contribution in [1.82, 2.24) is 0 Å². The summed E-state index contributed by atoms with van der Waals surface area (Å²) in [5.41, 5.74) is 10.9. The summed E-state index contributed by atoms with van der Waals surface area (Å²) in [5.74, 6) is 0.573. The first-order chi connectivity index (χ1) is 22.5. The van der Waals surface area contributed by atoms with Gasteiger partial charge in [0.25, 0.3) is 0 Å². The molecular weight excluding hydrogens is 727 g/mol. The molecule has 3 heteroatoms. The predicted molar refractivity (Wildman–Crippen MR) is 213 cm³/mol. The summed E-state index contributed by atoms with van der Waals surface area (Å²) < 4.78 is 1.79.